The number of carbonyl (C=O) groups is 2. The van der Waals surface area contributed by atoms with Crippen molar-refractivity contribution in [2.45, 2.75) is 26.9 Å². The number of esters is 1. The molecule has 2 rings (SSSR count). The van der Waals surface area contributed by atoms with Crippen molar-refractivity contribution in [3.8, 4) is 6.07 Å². The molecule has 0 saturated carbocycles. The molecular weight excluding hydrogens is 347 g/mol. The van der Waals surface area contributed by atoms with Gasteiger partial charge in [0.05, 0.1) is 0 Å². The molecule has 0 spiro atoms. The summed E-state index contributed by atoms with van der Waals surface area (Å²) in [5.74, 6) is -1.99. The van der Waals surface area contributed by atoms with Gasteiger partial charge in [-0.25, -0.2) is 9.18 Å². The monoisotopic (exact) mass is 366 g/mol. The Morgan fingerprint density at radius 3 is 2.44 bits per heavy atom. The van der Waals surface area contributed by atoms with Crippen LogP contribution >= 0.6 is 0 Å². The maximum Gasteiger partial charge on any atom is 0.349 e. The van der Waals surface area contributed by atoms with Crippen LogP contribution in [0.2, 0.25) is 0 Å². The minimum Gasteiger partial charge on any atom is -0.448 e. The van der Waals surface area contributed by atoms with Gasteiger partial charge in [-0.3, -0.25) is 4.79 Å². The van der Waals surface area contributed by atoms with Crippen molar-refractivity contribution in [3.05, 3.63) is 70.5 Å². The van der Waals surface area contributed by atoms with E-state index in [1.807, 2.05) is 19.1 Å². The average Bonchev–Trinajstić information content (AvgIpc) is 2.64. The number of anilines is 1. The molecule has 5 nitrogen and oxygen atoms in total. The lowest BCUT2D eigenvalue weighted by molar-refractivity contribution is -0.148. The minimum absolute atomic E-state index is 0.222. The fraction of sp³-hybridized carbons (Fsp3) is 0.190. The first-order valence-electron chi connectivity index (χ1n) is 8.26. The van der Waals surface area contributed by atoms with E-state index < -0.39 is 23.8 Å². The average molecular weight is 366 g/mol. The molecule has 0 radical (unpaired) electrons. The fourth-order valence-electron chi connectivity index (χ4n) is 2.16. The zero-order valence-electron chi connectivity index (χ0n) is 15.2. The van der Waals surface area contributed by atoms with Gasteiger partial charge in [-0.05, 0) is 50.1 Å². The van der Waals surface area contributed by atoms with Crippen LogP contribution in [0.4, 0.5) is 10.1 Å². The lowest BCUT2D eigenvalue weighted by Crippen LogP contribution is -2.30. The molecule has 138 valence electrons. The second-order valence-electron chi connectivity index (χ2n) is 6.08. The standard InChI is InChI=1S/C21H19FN2O3/c1-13-4-7-16(8-5-13)10-17(12-23)21(26)27-15(3)20(25)24-18-9-6-14(2)19(22)11-18/h4-11,15H,1-3H3,(H,24,25)/b17-10+/t15-/m0/s1. The molecule has 0 aromatic heterocycles. The summed E-state index contributed by atoms with van der Waals surface area (Å²) in [6, 6.07) is 13.3. The summed E-state index contributed by atoms with van der Waals surface area (Å²) in [5.41, 5.74) is 2.20. The van der Waals surface area contributed by atoms with Gasteiger partial charge >= 0.3 is 5.97 Å². The molecule has 2 aromatic carbocycles. The van der Waals surface area contributed by atoms with Crippen LogP contribution < -0.4 is 5.32 Å². The first-order chi connectivity index (χ1) is 12.8. The Balaban J connectivity index is 2.04. The Labute approximate surface area is 157 Å². The zero-order chi connectivity index (χ0) is 20.0. The van der Waals surface area contributed by atoms with Crippen molar-refractivity contribution in [1.82, 2.24) is 0 Å². The van der Waals surface area contributed by atoms with Crippen LogP contribution in [0.1, 0.15) is 23.6 Å². The summed E-state index contributed by atoms with van der Waals surface area (Å²) in [6.07, 6.45) is 0.235. The van der Waals surface area contributed by atoms with E-state index in [4.69, 9.17) is 4.74 Å². The molecule has 0 aliphatic rings. The van der Waals surface area contributed by atoms with Gasteiger partial charge < -0.3 is 10.1 Å². The topological polar surface area (TPSA) is 79.2 Å². The lowest BCUT2D eigenvalue weighted by Gasteiger charge is -2.13. The summed E-state index contributed by atoms with van der Waals surface area (Å²) < 4.78 is 18.6. The van der Waals surface area contributed by atoms with Gasteiger partial charge in [0.2, 0.25) is 0 Å². The first-order valence-corrected chi connectivity index (χ1v) is 8.26. The third-order valence-electron chi connectivity index (χ3n) is 3.82. The van der Waals surface area contributed by atoms with E-state index >= 15 is 0 Å². The first kappa shape index (κ1) is 19.9. The number of benzene rings is 2. The van der Waals surface area contributed by atoms with Crippen LogP contribution in [-0.2, 0) is 14.3 Å². The molecule has 1 atom stereocenters. The van der Waals surface area contributed by atoms with Gasteiger partial charge in [-0.1, -0.05) is 35.9 Å². The predicted molar refractivity (Wildman–Crippen MR) is 100 cm³/mol. The van der Waals surface area contributed by atoms with Gasteiger partial charge in [-0.15, -0.1) is 0 Å². The highest BCUT2D eigenvalue weighted by atomic mass is 19.1. The molecule has 2 aromatic rings. The molecule has 27 heavy (non-hydrogen) atoms. The number of ether oxygens (including phenoxy) is 1. The highest BCUT2D eigenvalue weighted by Crippen LogP contribution is 2.15. The number of aryl methyl sites for hydroxylation is 2. The molecule has 0 heterocycles. The van der Waals surface area contributed by atoms with Crippen LogP contribution in [0, 0.1) is 31.0 Å². The van der Waals surface area contributed by atoms with Crippen LogP contribution in [0.5, 0.6) is 0 Å². The number of hydrogen-bond donors (Lipinski definition) is 1. The van der Waals surface area contributed by atoms with Crippen molar-refractivity contribution >= 4 is 23.6 Å². The van der Waals surface area contributed by atoms with E-state index in [0.29, 0.717) is 11.1 Å². The number of halogens is 1. The summed E-state index contributed by atoms with van der Waals surface area (Å²) in [6.45, 7) is 4.90. The summed E-state index contributed by atoms with van der Waals surface area (Å²) >= 11 is 0. The number of hydrogen-bond acceptors (Lipinski definition) is 4. The van der Waals surface area contributed by atoms with E-state index in [1.54, 1.807) is 31.2 Å². The van der Waals surface area contributed by atoms with Crippen molar-refractivity contribution in [3.63, 3.8) is 0 Å². The number of nitrogens with one attached hydrogen (secondary N) is 1. The van der Waals surface area contributed by atoms with Gasteiger partial charge in [0.1, 0.15) is 17.5 Å². The highest BCUT2D eigenvalue weighted by molar-refractivity contribution is 6.01. The van der Waals surface area contributed by atoms with Crippen molar-refractivity contribution in [1.29, 1.82) is 5.26 Å². The largest absolute Gasteiger partial charge is 0.448 e. The maximum atomic E-state index is 13.5. The van der Waals surface area contributed by atoms with E-state index in [-0.39, 0.29) is 11.3 Å². The number of nitrogens with zero attached hydrogens (tertiary/aromatic N) is 1. The van der Waals surface area contributed by atoms with Crippen molar-refractivity contribution in [2.24, 2.45) is 0 Å². The SMILES string of the molecule is Cc1ccc(/C=C(\C#N)C(=O)O[C@@H](C)C(=O)Nc2ccc(C)c(F)c2)cc1. The van der Waals surface area contributed by atoms with Crippen LogP contribution in [0.25, 0.3) is 6.08 Å². The highest BCUT2D eigenvalue weighted by Gasteiger charge is 2.21. The molecule has 0 fully saturated rings. The van der Waals surface area contributed by atoms with Crippen molar-refractivity contribution in [2.75, 3.05) is 5.32 Å². The van der Waals surface area contributed by atoms with Gasteiger partial charge in [-0.2, -0.15) is 5.26 Å². The molecule has 6 heteroatoms. The molecule has 0 unspecified atom stereocenters. The Morgan fingerprint density at radius 2 is 1.85 bits per heavy atom. The summed E-state index contributed by atoms with van der Waals surface area (Å²) in [7, 11) is 0. The van der Waals surface area contributed by atoms with Gasteiger partial charge in [0, 0.05) is 5.69 Å². The smallest absolute Gasteiger partial charge is 0.349 e. The van der Waals surface area contributed by atoms with Gasteiger partial charge in [0.15, 0.2) is 6.10 Å². The Bertz CT molecular complexity index is 927. The third kappa shape index (κ3) is 5.51. The number of amides is 1. The molecule has 1 N–H and O–H groups in total. The molecule has 1 amide bonds. The number of carbonyl (C=O) groups excluding carboxylic acids is 2. The van der Waals surface area contributed by atoms with E-state index in [1.165, 1.54) is 25.1 Å². The van der Waals surface area contributed by atoms with Crippen molar-refractivity contribution < 1.29 is 18.7 Å². The fourth-order valence-corrected chi connectivity index (χ4v) is 2.16. The Hall–Kier alpha value is -3.46. The quantitative estimate of drug-likeness (QED) is 0.494. The number of nitriles is 1. The van der Waals surface area contributed by atoms with Gasteiger partial charge in [0.25, 0.3) is 5.91 Å². The molecule has 0 bridgehead atoms. The second-order valence-corrected chi connectivity index (χ2v) is 6.08. The predicted octanol–water partition coefficient (Wildman–Crippen LogP) is 3.92. The van der Waals surface area contributed by atoms with Crippen LogP contribution in [0.3, 0.4) is 0 Å². The van der Waals surface area contributed by atoms with E-state index in [2.05, 4.69) is 5.32 Å². The molecular formula is C21H19FN2O3. The van der Waals surface area contributed by atoms with Crippen LogP contribution in [0.15, 0.2) is 48.0 Å². The van der Waals surface area contributed by atoms with E-state index in [0.717, 1.165) is 5.56 Å². The summed E-state index contributed by atoms with van der Waals surface area (Å²) in [5, 5.41) is 11.7. The molecule has 0 saturated heterocycles. The zero-order valence-corrected chi connectivity index (χ0v) is 15.2. The van der Waals surface area contributed by atoms with E-state index in [9.17, 15) is 19.2 Å². The molecule has 0 aliphatic carbocycles. The third-order valence-corrected chi connectivity index (χ3v) is 3.82. The maximum absolute atomic E-state index is 13.5. The number of rotatable bonds is 5. The summed E-state index contributed by atoms with van der Waals surface area (Å²) in [4.78, 5) is 24.3. The van der Waals surface area contributed by atoms with Crippen LogP contribution in [-0.4, -0.2) is 18.0 Å². The Morgan fingerprint density at radius 1 is 1.19 bits per heavy atom. The minimum atomic E-state index is -1.16. The second kappa shape index (κ2) is 8.77. The normalized spacial score (nSPS) is 12.0. The lowest BCUT2D eigenvalue weighted by atomic mass is 10.1. The molecule has 0 aliphatic heterocycles. The Kier molecular flexibility index (Phi) is 6.45.